The Bertz CT molecular complexity index is 254. The van der Waals surface area contributed by atoms with Crippen molar-refractivity contribution in [2.75, 3.05) is 13.1 Å². The summed E-state index contributed by atoms with van der Waals surface area (Å²) >= 11 is 0. The molecule has 0 aromatic heterocycles. The number of nitrogens with one attached hydrogen (secondary N) is 1. The van der Waals surface area contributed by atoms with Gasteiger partial charge in [-0.1, -0.05) is 0 Å². The Hall–Kier alpha value is -1.10. The second-order valence-corrected chi connectivity index (χ2v) is 3.50. The summed E-state index contributed by atoms with van der Waals surface area (Å²) in [4.78, 5) is 24.0. The molecule has 2 aliphatic rings. The third kappa shape index (κ3) is 1.39. The number of aliphatic hydroxyl groups is 1. The van der Waals surface area contributed by atoms with Gasteiger partial charge < -0.3 is 15.3 Å². The topological polar surface area (TPSA) is 69.6 Å². The number of hydrogen-bond acceptors (Lipinski definition) is 3. The van der Waals surface area contributed by atoms with Crippen molar-refractivity contribution in [2.24, 2.45) is 0 Å². The first kappa shape index (κ1) is 8.50. The molecule has 0 aromatic carbocycles. The molecular weight excluding hydrogens is 172 g/mol. The summed E-state index contributed by atoms with van der Waals surface area (Å²) in [7, 11) is 0. The van der Waals surface area contributed by atoms with Gasteiger partial charge in [-0.05, 0) is 6.42 Å². The van der Waals surface area contributed by atoms with Crippen LogP contribution in [0.1, 0.15) is 12.8 Å². The third-order valence-electron chi connectivity index (χ3n) is 2.53. The van der Waals surface area contributed by atoms with Gasteiger partial charge >= 0.3 is 0 Å². The molecule has 0 bridgehead atoms. The van der Waals surface area contributed by atoms with E-state index in [4.69, 9.17) is 0 Å². The maximum absolute atomic E-state index is 11.3. The summed E-state index contributed by atoms with van der Waals surface area (Å²) in [5.41, 5.74) is 0. The molecule has 2 amide bonds. The number of aliphatic hydroxyl groups excluding tert-OH is 1. The molecule has 2 aliphatic heterocycles. The van der Waals surface area contributed by atoms with Gasteiger partial charge in [-0.15, -0.1) is 0 Å². The van der Waals surface area contributed by atoms with E-state index in [1.165, 1.54) is 4.90 Å². The second-order valence-electron chi connectivity index (χ2n) is 3.50. The van der Waals surface area contributed by atoms with Gasteiger partial charge in [0.1, 0.15) is 6.04 Å². The van der Waals surface area contributed by atoms with Crippen molar-refractivity contribution in [3.05, 3.63) is 0 Å². The number of β-amino-alcohol motifs (C(OH)–C–C–N with tert-alkyl or cyclic N) is 1. The molecule has 5 heteroatoms. The predicted molar refractivity (Wildman–Crippen MR) is 43.8 cm³/mol. The number of hydrogen-bond donors (Lipinski definition) is 2. The van der Waals surface area contributed by atoms with Crippen molar-refractivity contribution in [3.8, 4) is 0 Å². The minimum atomic E-state index is -0.596. The van der Waals surface area contributed by atoms with E-state index in [9.17, 15) is 14.7 Å². The second kappa shape index (κ2) is 2.99. The molecule has 0 saturated carbocycles. The summed E-state index contributed by atoms with van der Waals surface area (Å²) in [6.45, 7) is 0.931. The van der Waals surface area contributed by atoms with E-state index in [0.29, 0.717) is 19.5 Å². The molecule has 13 heavy (non-hydrogen) atoms. The molecule has 0 radical (unpaired) electrons. The lowest BCUT2D eigenvalue weighted by atomic mass is 10.2. The van der Waals surface area contributed by atoms with E-state index < -0.39 is 6.10 Å². The lowest BCUT2D eigenvalue weighted by Gasteiger charge is -2.20. The highest BCUT2D eigenvalue weighted by atomic mass is 16.3. The molecule has 0 aliphatic carbocycles. The molecule has 2 unspecified atom stereocenters. The minimum Gasteiger partial charge on any atom is -0.391 e. The summed E-state index contributed by atoms with van der Waals surface area (Å²) in [6.07, 6.45) is 0.224. The normalized spacial score (nSPS) is 34.1. The Morgan fingerprint density at radius 3 is 2.69 bits per heavy atom. The lowest BCUT2D eigenvalue weighted by Crippen LogP contribution is -2.41. The maximum atomic E-state index is 11.3. The summed E-state index contributed by atoms with van der Waals surface area (Å²) in [6, 6.07) is -0.343. The molecule has 2 N–H and O–H groups in total. The fourth-order valence-corrected chi connectivity index (χ4v) is 1.89. The molecule has 2 fully saturated rings. The molecule has 2 atom stereocenters. The number of likely N-dealkylation sites (tertiary alicyclic amines) is 1. The van der Waals surface area contributed by atoms with E-state index in [1.54, 1.807) is 0 Å². The molecule has 0 spiro atoms. The van der Waals surface area contributed by atoms with Crippen LogP contribution in [-0.2, 0) is 9.59 Å². The number of rotatable bonds is 1. The van der Waals surface area contributed by atoms with Gasteiger partial charge in [-0.3, -0.25) is 9.59 Å². The Balaban J connectivity index is 2.08. The van der Waals surface area contributed by atoms with Gasteiger partial charge in [0.25, 0.3) is 0 Å². The predicted octanol–water partition coefficient (Wildman–Crippen LogP) is -1.53. The highest BCUT2D eigenvalue weighted by Crippen LogP contribution is 2.18. The standard InChI is InChI=1S/C8H12N2O3/c11-5-3-7(12)10(4-5)6-1-2-9-8(6)13/h5-6,11H,1-4H2,(H,9,13). The van der Waals surface area contributed by atoms with E-state index in [0.717, 1.165) is 0 Å². The zero-order valence-electron chi connectivity index (χ0n) is 7.19. The third-order valence-corrected chi connectivity index (χ3v) is 2.53. The van der Waals surface area contributed by atoms with Gasteiger partial charge in [0.2, 0.25) is 11.8 Å². The van der Waals surface area contributed by atoms with E-state index in [-0.39, 0.29) is 24.3 Å². The van der Waals surface area contributed by atoms with Crippen molar-refractivity contribution in [1.29, 1.82) is 0 Å². The van der Waals surface area contributed by atoms with Gasteiger partial charge in [0, 0.05) is 13.1 Å². The highest BCUT2D eigenvalue weighted by molar-refractivity contribution is 5.90. The average Bonchev–Trinajstić information content (AvgIpc) is 2.58. The van der Waals surface area contributed by atoms with Crippen LogP contribution >= 0.6 is 0 Å². The number of amides is 2. The van der Waals surface area contributed by atoms with Gasteiger partial charge in [-0.2, -0.15) is 0 Å². The van der Waals surface area contributed by atoms with Crippen LogP contribution in [0.15, 0.2) is 0 Å². The molecule has 5 nitrogen and oxygen atoms in total. The van der Waals surface area contributed by atoms with Crippen LogP contribution in [0.25, 0.3) is 0 Å². The zero-order chi connectivity index (χ0) is 9.42. The van der Waals surface area contributed by atoms with Crippen molar-refractivity contribution in [3.63, 3.8) is 0 Å². The largest absolute Gasteiger partial charge is 0.391 e. The summed E-state index contributed by atoms with van der Waals surface area (Å²) in [5.74, 6) is -0.211. The molecule has 2 heterocycles. The van der Waals surface area contributed by atoms with E-state index in [2.05, 4.69) is 5.32 Å². The molecule has 72 valence electrons. The van der Waals surface area contributed by atoms with Crippen LogP contribution in [0.2, 0.25) is 0 Å². The molecule has 2 saturated heterocycles. The van der Waals surface area contributed by atoms with Crippen LogP contribution in [0, 0.1) is 0 Å². The molecular formula is C8H12N2O3. The fraction of sp³-hybridized carbons (Fsp3) is 0.750. The smallest absolute Gasteiger partial charge is 0.242 e. The SMILES string of the molecule is O=C1NCCC1N1CC(O)CC1=O. The minimum absolute atomic E-state index is 0.0950. The van der Waals surface area contributed by atoms with Crippen molar-refractivity contribution in [1.82, 2.24) is 10.2 Å². The number of carbonyl (C=O) groups excluding carboxylic acids is 2. The lowest BCUT2D eigenvalue weighted by molar-refractivity contribution is -0.135. The zero-order valence-corrected chi connectivity index (χ0v) is 7.19. The van der Waals surface area contributed by atoms with Crippen LogP contribution < -0.4 is 5.32 Å². The Morgan fingerprint density at radius 2 is 2.23 bits per heavy atom. The summed E-state index contributed by atoms with van der Waals surface area (Å²) < 4.78 is 0. The van der Waals surface area contributed by atoms with Crippen LogP contribution in [-0.4, -0.2) is 47.1 Å². The Labute approximate surface area is 75.7 Å². The molecule has 2 rings (SSSR count). The van der Waals surface area contributed by atoms with Gasteiger partial charge in [0.15, 0.2) is 0 Å². The average molecular weight is 184 g/mol. The summed E-state index contributed by atoms with van der Waals surface area (Å²) in [5, 5.41) is 11.9. The van der Waals surface area contributed by atoms with Crippen molar-refractivity contribution < 1.29 is 14.7 Å². The monoisotopic (exact) mass is 184 g/mol. The van der Waals surface area contributed by atoms with Crippen LogP contribution in [0.5, 0.6) is 0 Å². The maximum Gasteiger partial charge on any atom is 0.242 e. The van der Waals surface area contributed by atoms with Gasteiger partial charge in [0.05, 0.1) is 12.5 Å². The van der Waals surface area contributed by atoms with E-state index in [1.807, 2.05) is 0 Å². The van der Waals surface area contributed by atoms with Crippen molar-refractivity contribution >= 4 is 11.8 Å². The molecule has 0 aromatic rings. The van der Waals surface area contributed by atoms with Crippen molar-refractivity contribution in [2.45, 2.75) is 25.0 Å². The Morgan fingerprint density at radius 1 is 1.46 bits per heavy atom. The number of carbonyl (C=O) groups is 2. The first-order chi connectivity index (χ1) is 6.18. The van der Waals surface area contributed by atoms with Crippen LogP contribution in [0.4, 0.5) is 0 Å². The Kier molecular flexibility index (Phi) is 1.95. The quantitative estimate of drug-likeness (QED) is 0.519. The first-order valence-corrected chi connectivity index (χ1v) is 4.44. The highest BCUT2D eigenvalue weighted by Gasteiger charge is 2.38. The number of nitrogens with zero attached hydrogens (tertiary/aromatic N) is 1. The van der Waals surface area contributed by atoms with Crippen LogP contribution in [0.3, 0.4) is 0 Å². The fourth-order valence-electron chi connectivity index (χ4n) is 1.89. The van der Waals surface area contributed by atoms with E-state index >= 15 is 0 Å². The first-order valence-electron chi connectivity index (χ1n) is 4.44. The van der Waals surface area contributed by atoms with Gasteiger partial charge in [-0.25, -0.2) is 0 Å².